The Kier molecular flexibility index (Phi) is 5.76. The van der Waals surface area contributed by atoms with Gasteiger partial charge in [0.05, 0.1) is 12.7 Å². The highest BCUT2D eigenvalue weighted by Crippen LogP contribution is 2.27. The number of furan rings is 1. The fraction of sp³-hybridized carbons (Fsp3) is 0.500. The first-order valence-corrected chi connectivity index (χ1v) is 8.69. The van der Waals surface area contributed by atoms with Gasteiger partial charge in [-0.2, -0.15) is 0 Å². The van der Waals surface area contributed by atoms with Gasteiger partial charge in [0.2, 0.25) is 0 Å². The lowest BCUT2D eigenvalue weighted by molar-refractivity contribution is 0.0166. The zero-order valence-corrected chi connectivity index (χ0v) is 14.5. The van der Waals surface area contributed by atoms with Crippen LogP contribution in [-0.4, -0.2) is 38.4 Å². The topological polar surface area (TPSA) is 60.7 Å². The molecule has 1 saturated heterocycles. The van der Waals surface area contributed by atoms with Gasteiger partial charge in [-0.25, -0.2) is 0 Å². The molecule has 0 saturated carbocycles. The second-order valence-corrected chi connectivity index (χ2v) is 6.45. The van der Waals surface area contributed by atoms with Crippen molar-refractivity contribution in [3.8, 4) is 0 Å². The summed E-state index contributed by atoms with van der Waals surface area (Å²) in [5, 5.41) is 4.36. The number of halogens is 1. The highest BCUT2D eigenvalue weighted by atomic mass is 35.5. The molecule has 3 rings (SSSR count). The number of aryl methyl sites for hydroxylation is 1. The average molecular weight is 352 g/mol. The maximum Gasteiger partial charge on any atom is 0.287 e. The van der Waals surface area contributed by atoms with Gasteiger partial charge < -0.3 is 19.2 Å². The summed E-state index contributed by atoms with van der Waals surface area (Å²) in [7, 11) is 0. The van der Waals surface area contributed by atoms with Gasteiger partial charge in [-0.1, -0.05) is 11.6 Å². The zero-order valence-electron chi connectivity index (χ0n) is 13.8. The second-order valence-electron chi connectivity index (χ2n) is 6.02. The van der Waals surface area contributed by atoms with Crippen molar-refractivity contribution in [1.82, 2.24) is 5.32 Å². The van der Waals surface area contributed by atoms with Crippen molar-refractivity contribution in [2.45, 2.75) is 32.3 Å². The van der Waals surface area contributed by atoms with E-state index in [-0.39, 0.29) is 12.0 Å². The number of ether oxygens (including phenoxy) is 2. The monoisotopic (exact) mass is 351 g/mol. The molecule has 1 aromatic carbocycles. The Labute approximate surface area is 146 Å². The predicted octanol–water partition coefficient (Wildman–Crippen LogP) is 3.71. The first-order chi connectivity index (χ1) is 11.6. The Morgan fingerprint density at radius 2 is 2.33 bits per heavy atom. The van der Waals surface area contributed by atoms with Crippen molar-refractivity contribution in [2.24, 2.45) is 0 Å². The summed E-state index contributed by atoms with van der Waals surface area (Å²) < 4.78 is 16.7. The summed E-state index contributed by atoms with van der Waals surface area (Å²) in [6, 6.07) is 5.34. The van der Waals surface area contributed by atoms with E-state index in [0.717, 1.165) is 36.8 Å². The molecule has 6 heteroatoms. The van der Waals surface area contributed by atoms with Crippen LogP contribution >= 0.6 is 11.6 Å². The molecular weight excluding hydrogens is 330 g/mol. The quantitative estimate of drug-likeness (QED) is 0.772. The van der Waals surface area contributed by atoms with Gasteiger partial charge in [0.1, 0.15) is 5.58 Å². The van der Waals surface area contributed by atoms with Gasteiger partial charge in [0.25, 0.3) is 5.91 Å². The lowest BCUT2D eigenvalue weighted by Crippen LogP contribution is -2.25. The van der Waals surface area contributed by atoms with Crippen LogP contribution in [0.3, 0.4) is 0 Å². The molecule has 2 heterocycles. The number of hydrogen-bond acceptors (Lipinski definition) is 4. The van der Waals surface area contributed by atoms with E-state index < -0.39 is 0 Å². The minimum absolute atomic E-state index is 0.209. The molecule has 1 aliphatic rings. The van der Waals surface area contributed by atoms with Crippen molar-refractivity contribution in [2.75, 3.05) is 26.4 Å². The number of carbonyl (C=O) groups excluding carboxylic acids is 1. The van der Waals surface area contributed by atoms with Crippen molar-refractivity contribution >= 4 is 28.5 Å². The first kappa shape index (κ1) is 17.3. The number of nitrogens with one attached hydrogen (secondary N) is 1. The van der Waals surface area contributed by atoms with Gasteiger partial charge in [-0.15, -0.1) is 0 Å². The molecule has 24 heavy (non-hydrogen) atoms. The molecule has 0 bridgehead atoms. The molecule has 5 nitrogen and oxygen atoms in total. The van der Waals surface area contributed by atoms with Gasteiger partial charge in [-0.3, -0.25) is 4.79 Å². The summed E-state index contributed by atoms with van der Waals surface area (Å²) in [4.78, 5) is 12.3. The zero-order chi connectivity index (χ0) is 16.9. The minimum atomic E-state index is -0.209. The second kappa shape index (κ2) is 8.01. The summed E-state index contributed by atoms with van der Waals surface area (Å²) in [6.07, 6.45) is 3.19. The van der Waals surface area contributed by atoms with Crippen LogP contribution in [-0.2, 0) is 9.47 Å². The number of rotatable bonds is 7. The number of amides is 1. The molecule has 130 valence electrons. The van der Waals surface area contributed by atoms with Gasteiger partial charge in [0, 0.05) is 35.7 Å². The normalized spacial score (nSPS) is 17.5. The molecule has 0 radical (unpaired) electrons. The molecule has 1 fully saturated rings. The maximum absolute atomic E-state index is 12.3. The van der Waals surface area contributed by atoms with Crippen LogP contribution in [0.5, 0.6) is 0 Å². The molecule has 0 aliphatic carbocycles. The van der Waals surface area contributed by atoms with Gasteiger partial charge in [-0.05, 0) is 44.4 Å². The summed E-state index contributed by atoms with van der Waals surface area (Å²) >= 11 is 5.99. The molecule has 0 spiro atoms. The van der Waals surface area contributed by atoms with Crippen LogP contribution in [0.1, 0.15) is 35.4 Å². The average Bonchev–Trinajstić information content (AvgIpc) is 3.19. The van der Waals surface area contributed by atoms with Crippen LogP contribution in [0, 0.1) is 6.92 Å². The Hall–Kier alpha value is -1.56. The predicted molar refractivity (Wildman–Crippen MR) is 92.7 cm³/mol. The third kappa shape index (κ3) is 4.09. The third-order valence-electron chi connectivity index (χ3n) is 4.18. The Morgan fingerprint density at radius 3 is 3.12 bits per heavy atom. The van der Waals surface area contributed by atoms with Crippen LogP contribution in [0.4, 0.5) is 0 Å². The Morgan fingerprint density at radius 1 is 1.46 bits per heavy atom. The molecule has 2 aromatic rings. The van der Waals surface area contributed by atoms with Crippen molar-refractivity contribution in [3.63, 3.8) is 0 Å². The van der Waals surface area contributed by atoms with E-state index in [1.165, 1.54) is 0 Å². The maximum atomic E-state index is 12.3. The van der Waals surface area contributed by atoms with Crippen LogP contribution in [0.25, 0.3) is 11.0 Å². The van der Waals surface area contributed by atoms with E-state index in [9.17, 15) is 4.79 Å². The SMILES string of the molecule is Cc1c(C(=O)NCCCOCC2CCCO2)oc2ccc(Cl)cc12. The van der Waals surface area contributed by atoms with Gasteiger partial charge >= 0.3 is 0 Å². The highest BCUT2D eigenvalue weighted by molar-refractivity contribution is 6.31. The van der Waals surface area contributed by atoms with E-state index in [0.29, 0.717) is 36.1 Å². The van der Waals surface area contributed by atoms with E-state index in [4.69, 9.17) is 25.5 Å². The van der Waals surface area contributed by atoms with E-state index >= 15 is 0 Å². The number of benzene rings is 1. The minimum Gasteiger partial charge on any atom is -0.451 e. The lowest BCUT2D eigenvalue weighted by atomic mass is 10.1. The van der Waals surface area contributed by atoms with Crippen molar-refractivity contribution in [3.05, 3.63) is 34.5 Å². The third-order valence-corrected chi connectivity index (χ3v) is 4.42. The standard InChI is InChI=1S/C18H22ClNO4/c1-12-15-10-13(19)5-6-16(15)24-17(12)18(21)20-7-3-8-22-11-14-4-2-9-23-14/h5-6,10,14H,2-4,7-9,11H2,1H3,(H,20,21). The molecule has 1 atom stereocenters. The van der Waals surface area contributed by atoms with E-state index in [2.05, 4.69) is 5.32 Å². The molecular formula is C18H22ClNO4. The van der Waals surface area contributed by atoms with E-state index in [1.54, 1.807) is 12.1 Å². The number of carbonyl (C=O) groups is 1. The van der Waals surface area contributed by atoms with E-state index in [1.807, 2.05) is 13.0 Å². The smallest absolute Gasteiger partial charge is 0.287 e. The molecule has 1 N–H and O–H groups in total. The fourth-order valence-electron chi connectivity index (χ4n) is 2.86. The summed E-state index contributed by atoms with van der Waals surface area (Å²) in [5.41, 5.74) is 1.47. The molecule has 1 aromatic heterocycles. The van der Waals surface area contributed by atoms with Crippen LogP contribution in [0.15, 0.2) is 22.6 Å². The number of hydrogen-bond donors (Lipinski definition) is 1. The highest BCUT2D eigenvalue weighted by Gasteiger charge is 2.18. The van der Waals surface area contributed by atoms with Crippen molar-refractivity contribution < 1.29 is 18.7 Å². The molecule has 1 unspecified atom stereocenters. The largest absolute Gasteiger partial charge is 0.451 e. The van der Waals surface area contributed by atoms with Crippen molar-refractivity contribution in [1.29, 1.82) is 0 Å². The summed E-state index contributed by atoms with van der Waals surface area (Å²) in [6.45, 7) is 4.49. The Balaban J connectivity index is 1.44. The van der Waals surface area contributed by atoms with Crippen LogP contribution < -0.4 is 5.32 Å². The van der Waals surface area contributed by atoms with Gasteiger partial charge in [0.15, 0.2) is 5.76 Å². The van der Waals surface area contributed by atoms with Crippen LogP contribution in [0.2, 0.25) is 5.02 Å². The Bertz CT molecular complexity index is 706. The lowest BCUT2D eigenvalue weighted by Gasteiger charge is -2.10. The first-order valence-electron chi connectivity index (χ1n) is 8.31. The number of fused-ring (bicyclic) bond motifs is 1. The molecule has 1 amide bonds. The fourth-order valence-corrected chi connectivity index (χ4v) is 3.03. The summed E-state index contributed by atoms with van der Waals surface area (Å²) in [5.74, 6) is 0.131. The molecule has 1 aliphatic heterocycles.